The van der Waals surface area contributed by atoms with Crippen molar-refractivity contribution in [1.29, 1.82) is 0 Å². The third-order valence-electron chi connectivity index (χ3n) is 4.19. The second-order valence-corrected chi connectivity index (χ2v) is 7.80. The van der Waals surface area contributed by atoms with Crippen molar-refractivity contribution in [3.05, 3.63) is 18.0 Å². The second kappa shape index (κ2) is 5.64. The molecule has 2 fully saturated rings. The Kier molecular flexibility index (Phi) is 3.96. The lowest BCUT2D eigenvalue weighted by molar-refractivity contribution is -0.0103. The summed E-state index contributed by atoms with van der Waals surface area (Å²) in [5.74, 6) is -0.263. The van der Waals surface area contributed by atoms with Gasteiger partial charge >= 0.3 is 0 Å². The fourth-order valence-corrected chi connectivity index (χ4v) is 4.36. The van der Waals surface area contributed by atoms with Crippen LogP contribution in [0.5, 0.6) is 0 Å². The molecule has 2 aliphatic heterocycles. The van der Waals surface area contributed by atoms with Crippen LogP contribution in [0.25, 0.3) is 0 Å². The third kappa shape index (κ3) is 2.88. The number of nitrogens with one attached hydrogen (secondary N) is 1. The molecule has 3 rings (SSSR count). The Morgan fingerprint density at radius 3 is 2.91 bits per heavy atom. The number of carbonyl (C=O) groups is 1. The molecular weight excluding hydrogens is 308 g/mol. The zero-order chi connectivity index (χ0) is 15.9. The standard InChI is InChI=1S/C13H20N4O4S/c1-16-7-9(6-14-16)13(18)15-10-8-17(22(2,19)20)11-4-3-5-21-12(10)11/h6-7,10-12H,3-5,8H2,1-2H3,(H,15,18)/t10-,11+,12+/m1/s1. The largest absolute Gasteiger partial charge is 0.374 e. The first-order chi connectivity index (χ1) is 10.4. The van der Waals surface area contributed by atoms with Crippen LogP contribution >= 0.6 is 0 Å². The van der Waals surface area contributed by atoms with Crippen LogP contribution in [0, 0.1) is 0 Å². The normalized spacial score (nSPS) is 29.3. The molecular formula is C13H20N4O4S. The van der Waals surface area contributed by atoms with E-state index >= 15 is 0 Å². The maximum Gasteiger partial charge on any atom is 0.254 e. The lowest BCUT2D eigenvalue weighted by atomic mass is 10.0. The van der Waals surface area contributed by atoms with Crippen LogP contribution in [0.1, 0.15) is 23.2 Å². The van der Waals surface area contributed by atoms with E-state index in [9.17, 15) is 13.2 Å². The number of hydrogen-bond donors (Lipinski definition) is 1. The van der Waals surface area contributed by atoms with Gasteiger partial charge < -0.3 is 10.1 Å². The Labute approximate surface area is 129 Å². The Morgan fingerprint density at radius 1 is 1.50 bits per heavy atom. The van der Waals surface area contributed by atoms with E-state index in [2.05, 4.69) is 10.4 Å². The topological polar surface area (TPSA) is 93.5 Å². The van der Waals surface area contributed by atoms with Crippen molar-refractivity contribution in [2.45, 2.75) is 31.0 Å². The average Bonchev–Trinajstić information content (AvgIpc) is 3.03. The van der Waals surface area contributed by atoms with Gasteiger partial charge in [0.25, 0.3) is 5.91 Å². The van der Waals surface area contributed by atoms with Crippen LogP contribution in [0.15, 0.2) is 12.4 Å². The van der Waals surface area contributed by atoms with Crippen molar-refractivity contribution >= 4 is 15.9 Å². The maximum absolute atomic E-state index is 12.3. The van der Waals surface area contributed by atoms with Crippen molar-refractivity contribution in [2.75, 3.05) is 19.4 Å². The number of aryl methyl sites for hydroxylation is 1. The summed E-state index contributed by atoms with van der Waals surface area (Å²) in [6, 6.07) is -0.532. The quantitative estimate of drug-likeness (QED) is 0.795. The summed E-state index contributed by atoms with van der Waals surface area (Å²) in [5.41, 5.74) is 0.452. The molecule has 2 saturated heterocycles. The molecule has 22 heavy (non-hydrogen) atoms. The molecule has 3 heterocycles. The first-order valence-electron chi connectivity index (χ1n) is 7.24. The van der Waals surface area contributed by atoms with E-state index < -0.39 is 10.0 Å². The smallest absolute Gasteiger partial charge is 0.254 e. The number of rotatable bonds is 3. The fourth-order valence-electron chi connectivity index (χ4n) is 3.21. The zero-order valence-electron chi connectivity index (χ0n) is 12.6. The van der Waals surface area contributed by atoms with Crippen LogP contribution in [-0.4, -0.2) is 66.0 Å². The molecule has 0 aromatic carbocycles. The van der Waals surface area contributed by atoms with Crippen LogP contribution in [0.3, 0.4) is 0 Å². The van der Waals surface area contributed by atoms with Crippen LogP contribution in [-0.2, 0) is 21.8 Å². The van der Waals surface area contributed by atoms with E-state index in [0.29, 0.717) is 12.2 Å². The van der Waals surface area contributed by atoms with E-state index in [0.717, 1.165) is 12.8 Å². The molecule has 9 heteroatoms. The fraction of sp³-hybridized carbons (Fsp3) is 0.692. The Morgan fingerprint density at radius 2 is 2.27 bits per heavy atom. The first-order valence-corrected chi connectivity index (χ1v) is 9.09. The summed E-state index contributed by atoms with van der Waals surface area (Å²) in [6.45, 7) is 0.845. The molecule has 3 atom stereocenters. The van der Waals surface area contributed by atoms with Crippen LogP contribution in [0.4, 0.5) is 0 Å². The van der Waals surface area contributed by atoms with Crippen LogP contribution < -0.4 is 5.32 Å². The molecule has 1 aromatic rings. The van der Waals surface area contributed by atoms with Gasteiger partial charge in [0, 0.05) is 26.4 Å². The number of amides is 1. The summed E-state index contributed by atoms with van der Waals surface area (Å²) >= 11 is 0. The predicted octanol–water partition coefficient (Wildman–Crippen LogP) is -0.659. The van der Waals surface area contributed by atoms with E-state index in [1.165, 1.54) is 16.8 Å². The highest BCUT2D eigenvalue weighted by molar-refractivity contribution is 7.88. The predicted molar refractivity (Wildman–Crippen MR) is 78.8 cm³/mol. The van der Waals surface area contributed by atoms with Crippen molar-refractivity contribution in [3.63, 3.8) is 0 Å². The van der Waals surface area contributed by atoms with Crippen LogP contribution in [0.2, 0.25) is 0 Å². The molecule has 8 nitrogen and oxygen atoms in total. The Bertz CT molecular complexity index is 671. The number of carbonyl (C=O) groups excluding carboxylic acids is 1. The summed E-state index contributed by atoms with van der Waals surface area (Å²) in [5, 5.41) is 6.85. The van der Waals surface area contributed by atoms with Gasteiger partial charge in [-0.25, -0.2) is 8.42 Å². The van der Waals surface area contributed by atoms with Gasteiger partial charge in [-0.1, -0.05) is 0 Å². The van der Waals surface area contributed by atoms with Gasteiger partial charge in [-0.05, 0) is 12.8 Å². The van der Waals surface area contributed by atoms with Gasteiger partial charge in [0.1, 0.15) is 0 Å². The molecule has 1 N–H and O–H groups in total. The van der Waals surface area contributed by atoms with Gasteiger partial charge in [0.2, 0.25) is 10.0 Å². The molecule has 0 spiro atoms. The first kappa shape index (κ1) is 15.4. The van der Waals surface area contributed by atoms with Crippen molar-refractivity contribution in [3.8, 4) is 0 Å². The van der Waals surface area contributed by atoms with E-state index in [-0.39, 0.29) is 30.6 Å². The van der Waals surface area contributed by atoms with Gasteiger partial charge in [0.15, 0.2) is 0 Å². The van der Waals surface area contributed by atoms with Gasteiger partial charge in [-0.3, -0.25) is 9.48 Å². The van der Waals surface area contributed by atoms with E-state index in [4.69, 9.17) is 4.74 Å². The lowest BCUT2D eigenvalue weighted by Crippen LogP contribution is -2.47. The lowest BCUT2D eigenvalue weighted by Gasteiger charge is -2.31. The highest BCUT2D eigenvalue weighted by Crippen LogP contribution is 2.30. The molecule has 0 unspecified atom stereocenters. The maximum atomic E-state index is 12.3. The molecule has 0 saturated carbocycles. The minimum atomic E-state index is -3.32. The number of sulfonamides is 1. The highest BCUT2D eigenvalue weighted by atomic mass is 32.2. The molecule has 1 amide bonds. The molecule has 0 radical (unpaired) electrons. The Balaban J connectivity index is 1.77. The summed E-state index contributed by atoms with van der Waals surface area (Å²) in [7, 11) is -1.58. The summed E-state index contributed by atoms with van der Waals surface area (Å²) in [4.78, 5) is 12.3. The zero-order valence-corrected chi connectivity index (χ0v) is 13.4. The number of hydrogen-bond acceptors (Lipinski definition) is 5. The van der Waals surface area contributed by atoms with Crippen molar-refractivity contribution in [2.24, 2.45) is 7.05 Å². The van der Waals surface area contributed by atoms with Gasteiger partial charge in [-0.15, -0.1) is 0 Å². The number of ether oxygens (including phenoxy) is 1. The van der Waals surface area contributed by atoms with Crippen molar-refractivity contribution in [1.82, 2.24) is 19.4 Å². The minimum Gasteiger partial charge on any atom is -0.374 e. The molecule has 2 aliphatic rings. The molecule has 122 valence electrons. The SMILES string of the molecule is Cn1cc(C(=O)N[C@@H]2CN(S(C)(=O)=O)[C@H]3CCCO[C@@H]23)cn1. The van der Waals surface area contributed by atoms with E-state index in [1.807, 2.05) is 0 Å². The number of fused-ring (bicyclic) bond motifs is 1. The molecule has 0 bridgehead atoms. The van der Waals surface area contributed by atoms with Crippen molar-refractivity contribution < 1.29 is 17.9 Å². The second-order valence-electron chi connectivity index (χ2n) is 5.86. The van der Waals surface area contributed by atoms with E-state index in [1.54, 1.807) is 17.9 Å². The van der Waals surface area contributed by atoms with Gasteiger partial charge in [-0.2, -0.15) is 9.40 Å². The summed E-state index contributed by atoms with van der Waals surface area (Å²) in [6.07, 6.45) is 5.61. The van der Waals surface area contributed by atoms with Gasteiger partial charge in [0.05, 0.1) is 36.2 Å². The average molecular weight is 328 g/mol. The Hall–Kier alpha value is -1.45. The summed E-state index contributed by atoms with van der Waals surface area (Å²) < 4.78 is 32.6. The third-order valence-corrected chi connectivity index (χ3v) is 5.46. The highest BCUT2D eigenvalue weighted by Gasteiger charge is 2.48. The number of aromatic nitrogens is 2. The number of nitrogens with zero attached hydrogens (tertiary/aromatic N) is 3. The minimum absolute atomic E-state index is 0.192. The molecule has 1 aromatic heterocycles. The monoisotopic (exact) mass is 328 g/mol. The molecule has 0 aliphatic carbocycles.